The zero-order valence-electron chi connectivity index (χ0n) is 16.2. The van der Waals surface area contributed by atoms with Gasteiger partial charge in [0.05, 0.1) is 11.0 Å². The monoisotopic (exact) mass is 439 g/mol. The van der Waals surface area contributed by atoms with E-state index in [4.69, 9.17) is 27.9 Å². The fourth-order valence-corrected chi connectivity index (χ4v) is 3.39. The highest BCUT2D eigenvalue weighted by atomic mass is 35.5. The minimum absolute atomic E-state index is 0.113. The van der Waals surface area contributed by atoms with Crippen molar-refractivity contribution in [3.8, 4) is 5.75 Å². The van der Waals surface area contributed by atoms with Gasteiger partial charge in [-0.25, -0.2) is 4.98 Å². The first-order valence-electron chi connectivity index (χ1n) is 9.38. The van der Waals surface area contributed by atoms with Crippen molar-refractivity contribution in [3.05, 3.63) is 88.2 Å². The molecule has 4 rings (SSSR count). The van der Waals surface area contributed by atoms with Gasteiger partial charge in [0.2, 0.25) is 5.91 Å². The molecule has 0 saturated heterocycles. The second-order valence-corrected chi connectivity index (χ2v) is 7.70. The van der Waals surface area contributed by atoms with Crippen molar-refractivity contribution in [2.75, 3.05) is 5.32 Å². The lowest BCUT2D eigenvalue weighted by Gasteiger charge is -2.12. The van der Waals surface area contributed by atoms with Crippen LogP contribution in [-0.2, 0) is 17.9 Å². The second kappa shape index (κ2) is 8.78. The highest BCUT2D eigenvalue weighted by molar-refractivity contribution is 6.31. The zero-order chi connectivity index (χ0) is 21.1. The Balaban J connectivity index is 1.55. The van der Waals surface area contributed by atoms with Crippen LogP contribution in [-0.4, -0.2) is 15.5 Å². The van der Waals surface area contributed by atoms with Gasteiger partial charge in [0, 0.05) is 15.7 Å². The maximum Gasteiger partial charge on any atom is 0.244 e. The molecule has 7 heteroatoms. The molecule has 0 atom stereocenters. The van der Waals surface area contributed by atoms with E-state index in [0.29, 0.717) is 27.3 Å². The third-order valence-electron chi connectivity index (χ3n) is 4.66. The maximum absolute atomic E-state index is 12.7. The number of nitrogens with one attached hydrogen (secondary N) is 1. The second-order valence-electron chi connectivity index (χ2n) is 6.86. The molecule has 0 aliphatic heterocycles. The highest BCUT2D eigenvalue weighted by Gasteiger charge is 2.14. The Kier molecular flexibility index (Phi) is 5.93. The number of benzene rings is 3. The molecule has 0 saturated carbocycles. The summed E-state index contributed by atoms with van der Waals surface area (Å²) in [6.07, 6.45) is 0. The van der Waals surface area contributed by atoms with Crippen LogP contribution in [0.25, 0.3) is 11.0 Å². The molecule has 1 amide bonds. The lowest BCUT2D eigenvalue weighted by Crippen LogP contribution is -2.20. The first kappa shape index (κ1) is 20.3. The molecule has 1 N–H and O–H groups in total. The van der Waals surface area contributed by atoms with Gasteiger partial charge in [0.1, 0.15) is 24.7 Å². The normalized spacial score (nSPS) is 10.9. The van der Waals surface area contributed by atoms with E-state index in [1.54, 1.807) is 30.3 Å². The minimum atomic E-state index is -0.163. The van der Waals surface area contributed by atoms with Crippen molar-refractivity contribution >= 4 is 45.8 Å². The number of hydrogen-bond donors (Lipinski definition) is 1. The van der Waals surface area contributed by atoms with Crippen molar-refractivity contribution in [1.29, 1.82) is 0 Å². The molecule has 0 radical (unpaired) electrons. The summed E-state index contributed by atoms with van der Waals surface area (Å²) < 4.78 is 7.79. The van der Waals surface area contributed by atoms with Crippen LogP contribution < -0.4 is 10.1 Å². The van der Waals surface area contributed by atoms with Crippen LogP contribution >= 0.6 is 23.2 Å². The number of aryl methyl sites for hydroxylation is 1. The van der Waals surface area contributed by atoms with Crippen LogP contribution in [0, 0.1) is 6.92 Å². The van der Waals surface area contributed by atoms with Gasteiger partial charge in [-0.2, -0.15) is 0 Å². The fourth-order valence-electron chi connectivity index (χ4n) is 3.14. The van der Waals surface area contributed by atoms with E-state index in [-0.39, 0.29) is 19.1 Å². The summed E-state index contributed by atoms with van der Waals surface area (Å²) >= 11 is 12.0. The van der Waals surface area contributed by atoms with Crippen molar-refractivity contribution in [1.82, 2.24) is 9.55 Å². The van der Waals surface area contributed by atoms with Crippen molar-refractivity contribution < 1.29 is 9.53 Å². The smallest absolute Gasteiger partial charge is 0.244 e. The Labute approximate surface area is 184 Å². The summed E-state index contributed by atoms with van der Waals surface area (Å²) in [4.78, 5) is 17.3. The predicted molar refractivity (Wildman–Crippen MR) is 120 cm³/mol. The van der Waals surface area contributed by atoms with Gasteiger partial charge in [-0.3, -0.25) is 4.79 Å². The van der Waals surface area contributed by atoms with E-state index in [0.717, 1.165) is 16.6 Å². The van der Waals surface area contributed by atoms with Crippen LogP contribution in [0.5, 0.6) is 5.75 Å². The molecular formula is C23H19Cl2N3O2. The Morgan fingerprint density at radius 3 is 2.60 bits per heavy atom. The SMILES string of the molecule is Cc1cc(OCc2nc3ccccc3n2CC(=O)Nc2ccc(Cl)cc2)ccc1Cl. The van der Waals surface area contributed by atoms with E-state index in [1.807, 2.05) is 47.9 Å². The zero-order valence-corrected chi connectivity index (χ0v) is 17.7. The summed E-state index contributed by atoms with van der Waals surface area (Å²) in [5.41, 5.74) is 3.30. The standard InChI is InChI=1S/C23H19Cl2N3O2/c1-15-12-18(10-11-19(15)25)30-14-22-27-20-4-2-3-5-21(20)28(22)13-23(29)26-17-8-6-16(24)7-9-17/h2-12H,13-14H2,1H3,(H,26,29). The first-order chi connectivity index (χ1) is 14.5. The van der Waals surface area contributed by atoms with Gasteiger partial charge >= 0.3 is 0 Å². The van der Waals surface area contributed by atoms with E-state index < -0.39 is 0 Å². The molecule has 1 heterocycles. The third-order valence-corrected chi connectivity index (χ3v) is 5.34. The minimum Gasteiger partial charge on any atom is -0.486 e. The average molecular weight is 440 g/mol. The molecule has 5 nitrogen and oxygen atoms in total. The molecule has 30 heavy (non-hydrogen) atoms. The van der Waals surface area contributed by atoms with Gasteiger partial charge in [-0.05, 0) is 67.1 Å². The maximum atomic E-state index is 12.7. The molecule has 0 aliphatic carbocycles. The Hall–Kier alpha value is -3.02. The van der Waals surface area contributed by atoms with Gasteiger partial charge in [-0.15, -0.1) is 0 Å². The summed E-state index contributed by atoms with van der Waals surface area (Å²) in [6, 6.07) is 20.2. The number of nitrogens with zero attached hydrogens (tertiary/aromatic N) is 2. The molecule has 4 aromatic rings. The highest BCUT2D eigenvalue weighted by Crippen LogP contribution is 2.23. The number of amides is 1. The van der Waals surface area contributed by atoms with Gasteiger partial charge in [0.15, 0.2) is 0 Å². The van der Waals surface area contributed by atoms with Crippen LogP contribution in [0.3, 0.4) is 0 Å². The number of carbonyl (C=O) groups excluding carboxylic acids is 1. The van der Waals surface area contributed by atoms with Crippen LogP contribution in [0.15, 0.2) is 66.7 Å². The number of rotatable bonds is 6. The molecule has 3 aromatic carbocycles. The van der Waals surface area contributed by atoms with E-state index in [9.17, 15) is 4.79 Å². The topological polar surface area (TPSA) is 56.2 Å². The molecule has 0 spiro atoms. The predicted octanol–water partition coefficient (Wildman–Crippen LogP) is 5.87. The molecule has 0 bridgehead atoms. The number of halogens is 2. The van der Waals surface area contributed by atoms with E-state index in [1.165, 1.54) is 0 Å². The largest absolute Gasteiger partial charge is 0.486 e. The van der Waals surface area contributed by atoms with Gasteiger partial charge < -0.3 is 14.6 Å². The Morgan fingerprint density at radius 1 is 1.07 bits per heavy atom. The number of para-hydroxylation sites is 2. The summed E-state index contributed by atoms with van der Waals surface area (Å²) in [5, 5.41) is 4.19. The summed E-state index contributed by atoms with van der Waals surface area (Å²) in [7, 11) is 0. The lowest BCUT2D eigenvalue weighted by atomic mass is 10.2. The summed E-state index contributed by atoms with van der Waals surface area (Å²) in [5.74, 6) is 1.19. The van der Waals surface area contributed by atoms with Crippen LogP contribution in [0.1, 0.15) is 11.4 Å². The van der Waals surface area contributed by atoms with Crippen molar-refractivity contribution in [2.24, 2.45) is 0 Å². The molecule has 0 fully saturated rings. The van der Waals surface area contributed by atoms with Gasteiger partial charge in [0.25, 0.3) is 0 Å². The molecule has 0 aliphatic rings. The number of aromatic nitrogens is 2. The first-order valence-corrected chi connectivity index (χ1v) is 10.1. The van der Waals surface area contributed by atoms with Crippen molar-refractivity contribution in [2.45, 2.75) is 20.1 Å². The van der Waals surface area contributed by atoms with Crippen LogP contribution in [0.2, 0.25) is 10.0 Å². The number of carbonyl (C=O) groups is 1. The number of fused-ring (bicyclic) bond motifs is 1. The van der Waals surface area contributed by atoms with Gasteiger partial charge in [-0.1, -0.05) is 35.3 Å². The number of hydrogen-bond acceptors (Lipinski definition) is 3. The molecule has 0 unspecified atom stereocenters. The lowest BCUT2D eigenvalue weighted by molar-refractivity contribution is -0.116. The Bertz CT molecular complexity index is 1200. The number of ether oxygens (including phenoxy) is 1. The van der Waals surface area contributed by atoms with E-state index in [2.05, 4.69) is 10.3 Å². The number of anilines is 1. The van der Waals surface area contributed by atoms with E-state index >= 15 is 0 Å². The average Bonchev–Trinajstić information content (AvgIpc) is 3.08. The number of imidazole rings is 1. The molecular weight excluding hydrogens is 421 g/mol. The fraction of sp³-hybridized carbons (Fsp3) is 0.130. The molecule has 152 valence electrons. The van der Waals surface area contributed by atoms with Crippen LogP contribution in [0.4, 0.5) is 5.69 Å². The third kappa shape index (κ3) is 4.58. The quantitative estimate of drug-likeness (QED) is 0.408. The van der Waals surface area contributed by atoms with Crippen molar-refractivity contribution in [3.63, 3.8) is 0 Å². The molecule has 1 aromatic heterocycles. The summed E-state index contributed by atoms with van der Waals surface area (Å²) in [6.45, 7) is 2.26. The Morgan fingerprint density at radius 2 is 1.83 bits per heavy atom.